The Kier molecular flexibility index (Phi) is 9.32. The number of H-pyrrole nitrogens is 1. The fraction of sp³-hybridized carbons (Fsp3) is 0.370. The highest BCUT2D eigenvalue weighted by Gasteiger charge is 2.25. The monoisotopic (exact) mass is 494 g/mol. The van der Waals surface area contributed by atoms with Gasteiger partial charge in [0.1, 0.15) is 23.9 Å². The summed E-state index contributed by atoms with van der Waals surface area (Å²) in [6.07, 6.45) is 1.56. The first-order valence-corrected chi connectivity index (χ1v) is 12.1. The summed E-state index contributed by atoms with van der Waals surface area (Å²) in [5.74, 6) is 0.740. The van der Waals surface area contributed by atoms with E-state index in [-0.39, 0.29) is 30.6 Å². The number of anilines is 2. The summed E-state index contributed by atoms with van der Waals surface area (Å²) in [6.45, 7) is 6.57. The first-order valence-electron chi connectivity index (χ1n) is 12.1. The molecule has 0 fully saturated rings. The molecular formula is C27H34N4O5. The minimum atomic E-state index is -0.695. The molecule has 192 valence electrons. The number of hydrogen-bond acceptors (Lipinski definition) is 6. The molecule has 0 saturated heterocycles. The van der Waals surface area contributed by atoms with E-state index in [1.807, 2.05) is 51.1 Å². The predicted molar refractivity (Wildman–Crippen MR) is 141 cm³/mol. The molecule has 0 bridgehead atoms. The summed E-state index contributed by atoms with van der Waals surface area (Å²) in [5, 5.41) is 0. The van der Waals surface area contributed by atoms with Crippen LogP contribution >= 0.6 is 0 Å². The molecule has 0 aliphatic carbocycles. The van der Waals surface area contributed by atoms with E-state index >= 15 is 0 Å². The van der Waals surface area contributed by atoms with E-state index in [2.05, 4.69) is 4.98 Å². The Morgan fingerprint density at radius 2 is 1.67 bits per heavy atom. The lowest BCUT2D eigenvalue weighted by Gasteiger charge is -2.26. The van der Waals surface area contributed by atoms with Crippen LogP contribution in [0.3, 0.4) is 0 Å². The summed E-state index contributed by atoms with van der Waals surface area (Å²) in [4.78, 5) is 41.8. The Bertz CT molecular complexity index is 1250. The zero-order valence-corrected chi connectivity index (χ0v) is 21.0. The van der Waals surface area contributed by atoms with Gasteiger partial charge in [-0.25, -0.2) is 4.79 Å². The van der Waals surface area contributed by atoms with Gasteiger partial charge in [0, 0.05) is 13.1 Å². The van der Waals surface area contributed by atoms with Crippen molar-refractivity contribution < 1.29 is 14.3 Å². The molecule has 1 aromatic heterocycles. The Balaban J connectivity index is 1.71. The number of carbonyl (C=O) groups excluding carboxylic acids is 1. The summed E-state index contributed by atoms with van der Waals surface area (Å²) in [6, 6.07) is 16.8. The van der Waals surface area contributed by atoms with Crippen molar-refractivity contribution in [2.24, 2.45) is 5.92 Å². The van der Waals surface area contributed by atoms with Crippen molar-refractivity contribution in [2.45, 2.75) is 46.8 Å². The van der Waals surface area contributed by atoms with Crippen molar-refractivity contribution in [3.8, 4) is 11.5 Å². The van der Waals surface area contributed by atoms with E-state index in [0.29, 0.717) is 31.1 Å². The third-order valence-corrected chi connectivity index (χ3v) is 5.50. The van der Waals surface area contributed by atoms with Gasteiger partial charge in [-0.2, -0.15) is 0 Å². The number of benzene rings is 2. The van der Waals surface area contributed by atoms with E-state index in [9.17, 15) is 14.4 Å². The summed E-state index contributed by atoms with van der Waals surface area (Å²) < 4.78 is 12.8. The lowest BCUT2D eigenvalue weighted by atomic mass is 10.2. The Hall–Kier alpha value is -4.01. The molecule has 2 aromatic carbocycles. The minimum Gasteiger partial charge on any atom is -0.489 e. The predicted octanol–water partition coefficient (Wildman–Crippen LogP) is 3.57. The summed E-state index contributed by atoms with van der Waals surface area (Å²) in [5.41, 5.74) is 5.98. The number of ether oxygens (including phenoxy) is 2. The topological polar surface area (TPSA) is 120 Å². The molecule has 0 saturated carbocycles. The van der Waals surface area contributed by atoms with Gasteiger partial charge in [0.25, 0.3) is 11.5 Å². The molecule has 0 unspecified atom stereocenters. The SMILES string of the molecule is CCCCn1c(N)c(N(CC(C)C)C(=O)COc2ccc(OCc3ccccc3)cc2)c(=O)[nH]c1=O. The highest BCUT2D eigenvalue weighted by atomic mass is 16.5. The van der Waals surface area contributed by atoms with Crippen LogP contribution < -0.4 is 31.4 Å². The van der Waals surface area contributed by atoms with Crippen LogP contribution in [0.4, 0.5) is 11.5 Å². The Morgan fingerprint density at radius 1 is 1.03 bits per heavy atom. The maximum Gasteiger partial charge on any atom is 0.330 e. The summed E-state index contributed by atoms with van der Waals surface area (Å²) >= 11 is 0. The fourth-order valence-electron chi connectivity index (χ4n) is 3.66. The molecule has 9 heteroatoms. The van der Waals surface area contributed by atoms with Crippen LogP contribution in [0.5, 0.6) is 11.5 Å². The second-order valence-electron chi connectivity index (χ2n) is 8.93. The molecule has 3 rings (SSSR count). The van der Waals surface area contributed by atoms with Crippen LogP contribution in [0.2, 0.25) is 0 Å². The van der Waals surface area contributed by atoms with Gasteiger partial charge in [-0.1, -0.05) is 57.5 Å². The van der Waals surface area contributed by atoms with Gasteiger partial charge in [0.2, 0.25) is 0 Å². The number of carbonyl (C=O) groups is 1. The normalized spacial score (nSPS) is 10.9. The molecule has 36 heavy (non-hydrogen) atoms. The van der Waals surface area contributed by atoms with E-state index < -0.39 is 17.2 Å². The third kappa shape index (κ3) is 7.00. The minimum absolute atomic E-state index is 0.0221. The first-order chi connectivity index (χ1) is 17.3. The number of rotatable bonds is 12. The molecule has 0 aliphatic rings. The molecule has 0 radical (unpaired) electrons. The molecule has 3 aromatic rings. The van der Waals surface area contributed by atoms with Crippen molar-refractivity contribution in [1.82, 2.24) is 9.55 Å². The van der Waals surface area contributed by atoms with Gasteiger partial charge in [-0.15, -0.1) is 0 Å². The molecule has 1 amide bonds. The maximum atomic E-state index is 13.2. The number of amides is 1. The summed E-state index contributed by atoms with van der Waals surface area (Å²) in [7, 11) is 0. The zero-order chi connectivity index (χ0) is 26.1. The fourth-order valence-corrected chi connectivity index (χ4v) is 3.66. The smallest absolute Gasteiger partial charge is 0.330 e. The van der Waals surface area contributed by atoms with Gasteiger partial charge in [0.15, 0.2) is 12.3 Å². The average molecular weight is 495 g/mol. The van der Waals surface area contributed by atoms with E-state index in [4.69, 9.17) is 15.2 Å². The second-order valence-corrected chi connectivity index (χ2v) is 8.93. The molecule has 0 aliphatic heterocycles. The quantitative estimate of drug-likeness (QED) is 0.397. The van der Waals surface area contributed by atoms with Crippen LogP contribution in [0.1, 0.15) is 39.2 Å². The van der Waals surface area contributed by atoms with E-state index in [1.54, 1.807) is 24.3 Å². The van der Waals surface area contributed by atoms with Crippen molar-refractivity contribution in [1.29, 1.82) is 0 Å². The number of hydrogen-bond donors (Lipinski definition) is 2. The molecule has 0 atom stereocenters. The molecule has 9 nitrogen and oxygen atoms in total. The molecule has 1 heterocycles. The highest BCUT2D eigenvalue weighted by Crippen LogP contribution is 2.21. The maximum absolute atomic E-state index is 13.2. The van der Waals surface area contributed by atoms with Gasteiger partial charge < -0.3 is 20.1 Å². The average Bonchev–Trinajstić information content (AvgIpc) is 2.86. The second kappa shape index (κ2) is 12.6. The standard InChI is InChI=1S/C27H34N4O5/c1-4-5-15-30-25(28)24(26(33)29-27(30)34)31(16-19(2)3)23(32)18-36-22-13-11-21(12-14-22)35-17-20-9-7-6-8-10-20/h6-14,19H,4-5,15-18,28H2,1-3H3,(H,29,33,34). The zero-order valence-electron chi connectivity index (χ0n) is 21.0. The van der Waals surface area contributed by atoms with E-state index in [1.165, 1.54) is 9.47 Å². The molecule has 3 N–H and O–H groups in total. The van der Waals surface area contributed by atoms with Crippen LogP contribution in [-0.4, -0.2) is 28.6 Å². The largest absolute Gasteiger partial charge is 0.489 e. The van der Waals surface area contributed by atoms with Gasteiger partial charge in [0.05, 0.1) is 0 Å². The molecule has 0 spiro atoms. The van der Waals surface area contributed by atoms with Gasteiger partial charge in [-0.3, -0.25) is 19.1 Å². The Morgan fingerprint density at radius 3 is 2.28 bits per heavy atom. The van der Waals surface area contributed by atoms with Crippen LogP contribution in [0, 0.1) is 5.92 Å². The van der Waals surface area contributed by atoms with Crippen molar-refractivity contribution >= 4 is 17.4 Å². The van der Waals surface area contributed by atoms with Gasteiger partial charge >= 0.3 is 5.69 Å². The number of nitrogens with two attached hydrogens (primary N) is 1. The first kappa shape index (κ1) is 26.6. The van der Waals surface area contributed by atoms with Crippen molar-refractivity contribution in [3.05, 3.63) is 81.0 Å². The number of nitrogen functional groups attached to an aromatic ring is 1. The number of unbranched alkanes of at least 4 members (excludes halogenated alkanes) is 1. The molecular weight excluding hydrogens is 460 g/mol. The number of aromatic nitrogens is 2. The van der Waals surface area contributed by atoms with E-state index in [0.717, 1.165) is 12.0 Å². The number of nitrogens with one attached hydrogen (secondary N) is 1. The van der Waals surface area contributed by atoms with Crippen molar-refractivity contribution in [3.63, 3.8) is 0 Å². The van der Waals surface area contributed by atoms with Gasteiger partial charge in [-0.05, 0) is 42.2 Å². The highest BCUT2D eigenvalue weighted by molar-refractivity contribution is 5.96. The third-order valence-electron chi connectivity index (χ3n) is 5.50. The lowest BCUT2D eigenvalue weighted by Crippen LogP contribution is -2.44. The number of nitrogens with zero attached hydrogens (tertiary/aromatic N) is 2. The lowest BCUT2D eigenvalue weighted by molar-refractivity contribution is -0.120. The van der Waals surface area contributed by atoms with Crippen LogP contribution in [-0.2, 0) is 17.9 Å². The Labute approximate surface area is 210 Å². The van der Waals surface area contributed by atoms with Crippen molar-refractivity contribution in [2.75, 3.05) is 23.8 Å². The number of aromatic amines is 1. The van der Waals surface area contributed by atoms with Crippen LogP contribution in [0.25, 0.3) is 0 Å². The van der Waals surface area contributed by atoms with Crippen LogP contribution in [0.15, 0.2) is 64.2 Å².